The van der Waals surface area contributed by atoms with Crippen LogP contribution in [-0.4, -0.2) is 87.7 Å². The third kappa shape index (κ3) is 4.77. The summed E-state index contributed by atoms with van der Waals surface area (Å²) in [5.74, 6) is -2.33. The van der Waals surface area contributed by atoms with Gasteiger partial charge in [0.15, 0.2) is 12.1 Å². The van der Waals surface area contributed by atoms with Gasteiger partial charge < -0.3 is 49.9 Å². The number of carbonyl (C=O) groups excluding carboxylic acids is 3. The highest BCUT2D eigenvalue weighted by molar-refractivity contribution is 6.16. The number of aliphatic hydroxyl groups excluding tert-OH is 2. The minimum atomic E-state index is -2.11. The Morgan fingerprint density at radius 3 is 2.60 bits per heavy atom. The molecule has 1 aliphatic heterocycles. The second-order valence-corrected chi connectivity index (χ2v) is 11.1. The van der Waals surface area contributed by atoms with Crippen molar-refractivity contribution < 1.29 is 54.1 Å². The summed E-state index contributed by atoms with van der Waals surface area (Å²) in [5.41, 5.74) is -2.63. The molecule has 1 heterocycles. The van der Waals surface area contributed by atoms with E-state index >= 15 is 0 Å². The first-order chi connectivity index (χ1) is 20.0. The van der Waals surface area contributed by atoms with E-state index in [1.807, 2.05) is 0 Å². The number of Topliss-reactive ketones (excluding diaryl/α,β-unsaturated/α-hetero) is 1. The zero-order chi connectivity index (χ0) is 30.5. The predicted molar refractivity (Wildman–Crippen MR) is 145 cm³/mol. The van der Waals surface area contributed by atoms with Crippen LogP contribution >= 0.6 is 0 Å². The maximum Gasteiger partial charge on any atom is 0.201 e. The first kappa shape index (κ1) is 30.1. The van der Waals surface area contributed by atoms with Gasteiger partial charge in [-0.25, -0.2) is 0 Å². The zero-order valence-electron chi connectivity index (χ0n) is 23.5. The number of fused-ring (bicyclic) bond motifs is 3. The van der Waals surface area contributed by atoms with Crippen LogP contribution in [-0.2, 0) is 25.5 Å². The summed E-state index contributed by atoms with van der Waals surface area (Å²) in [7, 11) is 3.03. The van der Waals surface area contributed by atoms with Gasteiger partial charge in [0, 0.05) is 60.4 Å². The predicted octanol–water partition coefficient (Wildman–Crippen LogP) is 1.10. The molecule has 1 saturated heterocycles. The van der Waals surface area contributed by atoms with Gasteiger partial charge in [-0.05, 0) is 20.0 Å². The molecule has 226 valence electrons. The number of nitrogens with one attached hydrogen (secondary N) is 1. The van der Waals surface area contributed by atoms with Crippen LogP contribution < -0.4 is 10.1 Å². The first-order valence-electron chi connectivity index (χ1n) is 13.8. The summed E-state index contributed by atoms with van der Waals surface area (Å²) in [5, 5.41) is 59.6. The largest absolute Gasteiger partial charge is 0.507 e. The maximum atomic E-state index is 13.8. The number of aldehydes is 1. The van der Waals surface area contributed by atoms with Crippen LogP contribution in [0.4, 0.5) is 0 Å². The Morgan fingerprint density at radius 1 is 1.19 bits per heavy atom. The third-order valence-electron chi connectivity index (χ3n) is 8.64. The summed E-state index contributed by atoms with van der Waals surface area (Å²) in [4.78, 5) is 37.9. The number of ether oxygens (including phenoxy) is 3. The Kier molecular flexibility index (Phi) is 8.14. The van der Waals surface area contributed by atoms with Crippen molar-refractivity contribution in [2.75, 3.05) is 14.2 Å². The standard InChI is InChI=1S/C30H35NO11/c1-13-25(34)16(31-2)10-20(41-13)42-18-12-30(39,19(33)8-5-9-32)11-15-22(18)29(38)24-23(27(15)36)26(35)14-6-4-7-17(40-3)21(14)28(24)37/h4,6-7,9,13,16,18,20,25-26,31,34-36,38-39H,5,8,10-12H2,1-3H3/t13?,16?,18-,20?,25?,26?,30-/m0/s1. The summed E-state index contributed by atoms with van der Waals surface area (Å²) in [6.45, 7) is 1.66. The number of hydrogen-bond acceptors (Lipinski definition) is 12. The van der Waals surface area contributed by atoms with Crippen LogP contribution in [0.2, 0.25) is 0 Å². The van der Waals surface area contributed by atoms with Crippen LogP contribution in [0.1, 0.15) is 83.0 Å². The van der Waals surface area contributed by atoms with Gasteiger partial charge in [-0.1, -0.05) is 12.1 Å². The van der Waals surface area contributed by atoms with Crippen molar-refractivity contribution in [2.45, 2.75) is 81.4 Å². The van der Waals surface area contributed by atoms with Crippen LogP contribution in [0.5, 0.6) is 17.2 Å². The molecule has 12 heteroatoms. The number of phenols is 2. The molecule has 7 atom stereocenters. The third-order valence-corrected chi connectivity index (χ3v) is 8.64. The molecule has 0 amide bonds. The average molecular weight is 586 g/mol. The van der Waals surface area contributed by atoms with Gasteiger partial charge in [-0.15, -0.1) is 0 Å². The number of ketones is 2. The van der Waals surface area contributed by atoms with E-state index in [9.17, 15) is 39.9 Å². The number of likely N-dealkylation sites (N-methyl/N-ethyl adjacent to an activating group) is 1. The maximum absolute atomic E-state index is 13.8. The molecular formula is C30H35NO11. The lowest BCUT2D eigenvalue weighted by Crippen LogP contribution is -2.53. The fraction of sp³-hybridized carbons (Fsp3) is 0.500. The number of phenolic OH excluding ortho intramolecular Hbond substituents is 2. The molecule has 0 aromatic heterocycles. The molecule has 0 saturated carbocycles. The Labute approximate surface area is 241 Å². The molecule has 2 aromatic rings. The van der Waals surface area contributed by atoms with Gasteiger partial charge in [-0.3, -0.25) is 9.59 Å². The highest BCUT2D eigenvalue weighted by atomic mass is 16.7. The molecule has 42 heavy (non-hydrogen) atoms. The lowest BCUT2D eigenvalue weighted by atomic mass is 9.71. The van der Waals surface area contributed by atoms with Crippen LogP contribution in [0.15, 0.2) is 18.2 Å². The van der Waals surface area contributed by atoms with E-state index in [0.717, 1.165) is 0 Å². The van der Waals surface area contributed by atoms with Crippen molar-refractivity contribution in [3.63, 3.8) is 0 Å². The molecule has 12 nitrogen and oxygen atoms in total. The Bertz CT molecular complexity index is 1420. The smallest absolute Gasteiger partial charge is 0.201 e. The van der Waals surface area contributed by atoms with Crippen molar-refractivity contribution in [1.29, 1.82) is 0 Å². The topological polar surface area (TPSA) is 192 Å². The van der Waals surface area contributed by atoms with E-state index in [2.05, 4.69) is 5.32 Å². The molecular weight excluding hydrogens is 550 g/mol. The van der Waals surface area contributed by atoms with Gasteiger partial charge in [-0.2, -0.15) is 0 Å². The van der Waals surface area contributed by atoms with E-state index in [1.54, 1.807) is 20.0 Å². The molecule has 0 spiro atoms. The summed E-state index contributed by atoms with van der Waals surface area (Å²) in [6, 6.07) is 4.19. The number of rotatable bonds is 8. The minimum Gasteiger partial charge on any atom is -0.507 e. The van der Waals surface area contributed by atoms with Gasteiger partial charge in [0.1, 0.15) is 35.2 Å². The fourth-order valence-electron chi connectivity index (χ4n) is 6.44. The van der Waals surface area contributed by atoms with Crippen LogP contribution in [0.3, 0.4) is 0 Å². The van der Waals surface area contributed by atoms with Gasteiger partial charge in [0.25, 0.3) is 0 Å². The van der Waals surface area contributed by atoms with Crippen molar-refractivity contribution in [3.05, 3.63) is 51.6 Å². The molecule has 2 aromatic carbocycles. The second kappa shape index (κ2) is 11.4. The summed E-state index contributed by atoms with van der Waals surface area (Å²) < 4.78 is 17.4. The SMILES string of the molecule is CNC1CC(O[C@H]2C[C@](O)(C(=O)CCC=O)Cc3c(O)c4c(c(O)c32)C(=O)c2c(OC)cccc2C4O)OC(C)C1O. The molecule has 0 bridgehead atoms. The zero-order valence-corrected chi connectivity index (χ0v) is 23.5. The number of aliphatic hydroxyl groups is 3. The van der Waals surface area contributed by atoms with E-state index < -0.39 is 71.8 Å². The molecule has 5 unspecified atom stereocenters. The van der Waals surface area contributed by atoms with E-state index in [1.165, 1.54) is 19.2 Å². The number of aromatic hydroxyl groups is 2. The van der Waals surface area contributed by atoms with E-state index in [-0.39, 0.29) is 64.8 Å². The monoisotopic (exact) mass is 585 g/mol. The fourth-order valence-corrected chi connectivity index (χ4v) is 6.44. The highest BCUT2D eigenvalue weighted by Crippen LogP contribution is 2.54. The number of methoxy groups -OCH3 is 1. The second-order valence-electron chi connectivity index (χ2n) is 11.1. The Hall–Kier alpha value is -3.39. The van der Waals surface area contributed by atoms with E-state index in [4.69, 9.17) is 14.2 Å². The normalized spacial score (nSPS) is 30.2. The molecule has 5 rings (SSSR count). The van der Waals surface area contributed by atoms with Crippen molar-refractivity contribution in [1.82, 2.24) is 5.32 Å². The molecule has 6 N–H and O–H groups in total. The highest BCUT2D eigenvalue weighted by Gasteiger charge is 2.50. The Balaban J connectivity index is 1.66. The Morgan fingerprint density at radius 2 is 1.93 bits per heavy atom. The minimum absolute atomic E-state index is 0.0265. The van der Waals surface area contributed by atoms with Crippen molar-refractivity contribution in [2.24, 2.45) is 0 Å². The molecule has 1 fully saturated rings. The van der Waals surface area contributed by atoms with Gasteiger partial charge in [0.05, 0.1) is 36.5 Å². The number of carbonyl (C=O) groups is 3. The lowest BCUT2D eigenvalue weighted by molar-refractivity contribution is -0.249. The number of benzene rings is 2. The van der Waals surface area contributed by atoms with E-state index in [0.29, 0.717) is 6.29 Å². The summed E-state index contributed by atoms with van der Waals surface area (Å²) >= 11 is 0. The summed E-state index contributed by atoms with van der Waals surface area (Å²) in [6.07, 6.45) is -5.76. The quantitative estimate of drug-likeness (QED) is 0.191. The van der Waals surface area contributed by atoms with Crippen LogP contribution in [0, 0.1) is 0 Å². The van der Waals surface area contributed by atoms with Crippen LogP contribution in [0.25, 0.3) is 0 Å². The number of hydrogen-bond donors (Lipinski definition) is 6. The van der Waals surface area contributed by atoms with Gasteiger partial charge in [0.2, 0.25) is 5.78 Å². The lowest BCUT2D eigenvalue weighted by Gasteiger charge is -2.43. The first-order valence-corrected chi connectivity index (χ1v) is 13.8. The van der Waals surface area contributed by atoms with Gasteiger partial charge >= 0.3 is 0 Å². The van der Waals surface area contributed by atoms with Crippen molar-refractivity contribution >= 4 is 17.9 Å². The average Bonchev–Trinajstić information content (AvgIpc) is 2.97. The molecule has 3 aliphatic rings. The molecule has 0 radical (unpaired) electrons. The molecule has 2 aliphatic carbocycles. The van der Waals surface area contributed by atoms with Crippen molar-refractivity contribution in [3.8, 4) is 17.2 Å².